The molecule has 0 fully saturated rings. The Bertz CT molecular complexity index is 391. The Hall–Kier alpha value is -2.05. The molecule has 0 radical (unpaired) electrons. The van der Waals surface area contributed by atoms with Crippen LogP contribution in [-0.2, 0) is 0 Å². The Labute approximate surface area is 82.2 Å². The van der Waals surface area contributed by atoms with Crippen LogP contribution in [0.2, 0.25) is 0 Å². The first-order valence-corrected chi connectivity index (χ1v) is 3.66. The largest absolute Gasteiger partial charge is 0.504 e. The summed E-state index contributed by atoms with van der Waals surface area (Å²) in [6.07, 6.45) is 0. The molecular weight excluding hydrogens is 214 g/mol. The smallest absolute Gasteiger partial charge is 0.387 e. The highest BCUT2D eigenvalue weighted by Crippen LogP contribution is 2.37. The summed E-state index contributed by atoms with van der Waals surface area (Å²) in [7, 11) is 0. The van der Waals surface area contributed by atoms with Crippen LogP contribution in [0.1, 0.15) is 10.4 Å². The van der Waals surface area contributed by atoms with Gasteiger partial charge in [0.1, 0.15) is 0 Å². The van der Waals surface area contributed by atoms with E-state index in [1.54, 1.807) is 0 Å². The van der Waals surface area contributed by atoms with Crippen molar-refractivity contribution in [3.63, 3.8) is 0 Å². The maximum Gasteiger partial charge on any atom is 0.387 e. The number of rotatable bonds is 3. The third kappa shape index (κ3) is 2.46. The first-order chi connectivity index (χ1) is 6.91. The Balaban J connectivity index is 3.19. The van der Waals surface area contributed by atoms with E-state index in [0.29, 0.717) is 6.07 Å². The minimum absolute atomic E-state index is 0.471. The third-order valence-corrected chi connectivity index (χ3v) is 1.52. The number of hydrogen-bond acceptors (Lipinski definition) is 4. The number of carbonyl (C=O) groups is 1. The van der Waals surface area contributed by atoms with Crippen molar-refractivity contribution in [2.45, 2.75) is 6.61 Å². The third-order valence-electron chi connectivity index (χ3n) is 1.52. The fourth-order valence-electron chi connectivity index (χ4n) is 0.902. The molecule has 0 unspecified atom stereocenters. The molecular formula is C8H6F2O5. The van der Waals surface area contributed by atoms with E-state index in [1.807, 2.05) is 0 Å². The van der Waals surface area contributed by atoms with Gasteiger partial charge in [0.15, 0.2) is 11.5 Å². The fourth-order valence-corrected chi connectivity index (χ4v) is 0.902. The maximum atomic E-state index is 11.8. The minimum atomic E-state index is -3.22. The summed E-state index contributed by atoms with van der Waals surface area (Å²) in [5.74, 6) is -4.00. The molecule has 0 bridgehead atoms. The van der Waals surface area contributed by atoms with Crippen LogP contribution >= 0.6 is 0 Å². The summed E-state index contributed by atoms with van der Waals surface area (Å²) in [6.45, 7) is -3.22. The topological polar surface area (TPSA) is 87.0 Å². The number of phenolic OH excluding ortho intramolecular Hbond substituents is 2. The van der Waals surface area contributed by atoms with Crippen LogP contribution in [0.3, 0.4) is 0 Å². The quantitative estimate of drug-likeness (QED) is 0.670. The zero-order chi connectivity index (χ0) is 11.6. The van der Waals surface area contributed by atoms with E-state index in [2.05, 4.69) is 4.74 Å². The summed E-state index contributed by atoms with van der Waals surface area (Å²) in [6, 6.07) is 1.40. The van der Waals surface area contributed by atoms with E-state index in [-0.39, 0.29) is 0 Å². The van der Waals surface area contributed by atoms with E-state index in [9.17, 15) is 13.6 Å². The molecule has 1 rings (SSSR count). The van der Waals surface area contributed by atoms with Crippen molar-refractivity contribution in [1.29, 1.82) is 0 Å². The van der Waals surface area contributed by atoms with Crippen molar-refractivity contribution in [3.05, 3.63) is 17.7 Å². The van der Waals surface area contributed by atoms with E-state index in [4.69, 9.17) is 15.3 Å². The zero-order valence-corrected chi connectivity index (χ0v) is 7.15. The zero-order valence-electron chi connectivity index (χ0n) is 7.15. The molecule has 0 atom stereocenters. The van der Waals surface area contributed by atoms with Crippen LogP contribution < -0.4 is 4.74 Å². The minimum Gasteiger partial charge on any atom is -0.504 e. The summed E-state index contributed by atoms with van der Waals surface area (Å²) < 4.78 is 27.4. The second-order valence-corrected chi connectivity index (χ2v) is 2.53. The standard InChI is InChI=1S/C8H6F2O5/c9-8(10)15-5-2-3(7(13)14)1-4(11)6(5)12/h1-2,8,11-12H,(H,13,14). The molecule has 15 heavy (non-hydrogen) atoms. The molecule has 0 amide bonds. The number of carboxylic acids is 1. The van der Waals surface area contributed by atoms with E-state index >= 15 is 0 Å². The fraction of sp³-hybridized carbons (Fsp3) is 0.125. The van der Waals surface area contributed by atoms with Crippen LogP contribution in [0.4, 0.5) is 8.78 Å². The van der Waals surface area contributed by atoms with Gasteiger partial charge in [-0.2, -0.15) is 8.78 Å². The number of halogens is 2. The average molecular weight is 220 g/mol. The van der Waals surface area contributed by atoms with Gasteiger partial charge in [-0.25, -0.2) is 4.79 Å². The summed E-state index contributed by atoms with van der Waals surface area (Å²) in [5.41, 5.74) is -0.471. The Kier molecular flexibility index (Phi) is 2.93. The maximum absolute atomic E-state index is 11.8. The van der Waals surface area contributed by atoms with Crippen LogP contribution in [-0.4, -0.2) is 27.9 Å². The van der Waals surface area contributed by atoms with Gasteiger partial charge in [0.05, 0.1) is 5.56 Å². The SMILES string of the molecule is O=C(O)c1cc(O)c(O)c(OC(F)F)c1. The molecule has 0 aliphatic rings. The van der Waals surface area contributed by atoms with Crippen molar-refractivity contribution < 1.29 is 33.6 Å². The molecule has 1 aromatic rings. The molecule has 5 nitrogen and oxygen atoms in total. The number of hydrogen-bond donors (Lipinski definition) is 3. The lowest BCUT2D eigenvalue weighted by molar-refractivity contribution is -0.0514. The van der Waals surface area contributed by atoms with Crippen molar-refractivity contribution in [2.24, 2.45) is 0 Å². The Morgan fingerprint density at radius 2 is 1.93 bits per heavy atom. The lowest BCUT2D eigenvalue weighted by atomic mass is 10.2. The van der Waals surface area contributed by atoms with Crippen molar-refractivity contribution in [3.8, 4) is 17.2 Å². The second-order valence-electron chi connectivity index (χ2n) is 2.53. The van der Waals surface area contributed by atoms with Crippen molar-refractivity contribution in [1.82, 2.24) is 0 Å². The van der Waals surface area contributed by atoms with Gasteiger partial charge in [-0.1, -0.05) is 0 Å². The van der Waals surface area contributed by atoms with Gasteiger partial charge < -0.3 is 20.1 Å². The average Bonchev–Trinajstić information content (AvgIpc) is 2.11. The van der Waals surface area contributed by atoms with E-state index in [1.165, 1.54) is 0 Å². The van der Waals surface area contributed by atoms with Crippen LogP contribution in [0.5, 0.6) is 17.2 Å². The van der Waals surface area contributed by atoms with Crippen LogP contribution in [0, 0.1) is 0 Å². The predicted molar refractivity (Wildman–Crippen MR) is 43.4 cm³/mol. The number of benzene rings is 1. The van der Waals surface area contributed by atoms with Gasteiger partial charge in [-0.3, -0.25) is 0 Å². The van der Waals surface area contributed by atoms with E-state index < -0.39 is 35.4 Å². The Morgan fingerprint density at radius 3 is 2.40 bits per heavy atom. The van der Waals surface area contributed by atoms with Gasteiger partial charge in [-0.05, 0) is 12.1 Å². The molecule has 0 spiro atoms. The highest BCUT2D eigenvalue weighted by Gasteiger charge is 2.16. The lowest BCUT2D eigenvalue weighted by Gasteiger charge is -2.08. The van der Waals surface area contributed by atoms with Gasteiger partial charge in [0.25, 0.3) is 0 Å². The highest BCUT2D eigenvalue weighted by atomic mass is 19.3. The summed E-state index contributed by atoms with van der Waals surface area (Å²) in [5, 5.41) is 26.6. The first kappa shape index (κ1) is 11.0. The predicted octanol–water partition coefficient (Wildman–Crippen LogP) is 1.40. The van der Waals surface area contributed by atoms with Crippen molar-refractivity contribution >= 4 is 5.97 Å². The molecule has 0 aliphatic carbocycles. The van der Waals surface area contributed by atoms with Gasteiger partial charge >= 0.3 is 12.6 Å². The van der Waals surface area contributed by atoms with Crippen molar-refractivity contribution in [2.75, 3.05) is 0 Å². The van der Waals surface area contributed by atoms with E-state index in [0.717, 1.165) is 6.07 Å². The molecule has 0 saturated heterocycles. The van der Waals surface area contributed by atoms with Gasteiger partial charge in [-0.15, -0.1) is 0 Å². The lowest BCUT2D eigenvalue weighted by Crippen LogP contribution is -2.04. The molecule has 82 valence electrons. The molecule has 0 saturated carbocycles. The van der Waals surface area contributed by atoms with Crippen LogP contribution in [0.25, 0.3) is 0 Å². The molecule has 7 heteroatoms. The summed E-state index contributed by atoms with van der Waals surface area (Å²) in [4.78, 5) is 10.5. The monoisotopic (exact) mass is 220 g/mol. The molecule has 0 aliphatic heterocycles. The first-order valence-electron chi connectivity index (χ1n) is 3.66. The molecule has 0 aromatic heterocycles. The highest BCUT2D eigenvalue weighted by molar-refractivity contribution is 5.89. The number of ether oxygens (including phenoxy) is 1. The second kappa shape index (κ2) is 3.99. The van der Waals surface area contributed by atoms with Gasteiger partial charge in [0.2, 0.25) is 5.75 Å². The number of aromatic carboxylic acids is 1. The number of carboxylic acid groups (broad SMARTS) is 1. The molecule has 0 heterocycles. The van der Waals surface area contributed by atoms with Gasteiger partial charge in [0, 0.05) is 0 Å². The number of aromatic hydroxyl groups is 2. The molecule has 3 N–H and O–H groups in total. The van der Waals surface area contributed by atoms with Crippen LogP contribution in [0.15, 0.2) is 12.1 Å². The normalized spacial score (nSPS) is 10.3. The molecule has 1 aromatic carbocycles. The summed E-state index contributed by atoms with van der Waals surface area (Å²) >= 11 is 0. The number of alkyl halides is 2. The Morgan fingerprint density at radius 1 is 1.33 bits per heavy atom. The number of phenols is 2.